The van der Waals surface area contributed by atoms with Gasteiger partial charge in [0.25, 0.3) is 0 Å². The van der Waals surface area contributed by atoms with Gasteiger partial charge in [0.05, 0.1) is 12.7 Å². The Kier molecular flexibility index (Phi) is 7.28. The van der Waals surface area contributed by atoms with Gasteiger partial charge in [-0.1, -0.05) is 33.6 Å². The van der Waals surface area contributed by atoms with E-state index < -0.39 is 0 Å². The average molecular weight is 256 g/mol. The zero-order valence-corrected chi connectivity index (χ0v) is 12.1. The summed E-state index contributed by atoms with van der Waals surface area (Å²) in [6.07, 6.45) is 4.27. The first-order valence-electron chi connectivity index (χ1n) is 7.30. The van der Waals surface area contributed by atoms with Crippen molar-refractivity contribution in [1.82, 2.24) is 10.2 Å². The van der Waals surface area contributed by atoms with Crippen LogP contribution in [0.5, 0.6) is 0 Å². The lowest BCUT2D eigenvalue weighted by molar-refractivity contribution is -0.130. The average Bonchev–Trinajstić information content (AvgIpc) is 2.74. The predicted molar refractivity (Wildman–Crippen MR) is 73.3 cm³/mol. The molecule has 106 valence electrons. The van der Waals surface area contributed by atoms with Crippen molar-refractivity contribution < 1.29 is 9.53 Å². The van der Waals surface area contributed by atoms with Crippen molar-refractivity contribution in [2.75, 3.05) is 26.4 Å². The van der Waals surface area contributed by atoms with Gasteiger partial charge in [-0.25, -0.2) is 0 Å². The van der Waals surface area contributed by atoms with Crippen LogP contribution in [-0.2, 0) is 9.53 Å². The van der Waals surface area contributed by atoms with E-state index in [2.05, 4.69) is 26.1 Å². The number of carbonyl (C=O) groups is 1. The third-order valence-electron chi connectivity index (χ3n) is 3.65. The Labute approximate surface area is 111 Å². The van der Waals surface area contributed by atoms with Gasteiger partial charge in [-0.15, -0.1) is 0 Å². The van der Waals surface area contributed by atoms with Crippen LogP contribution in [0, 0.1) is 5.92 Å². The Bertz CT molecular complexity index is 246. The van der Waals surface area contributed by atoms with Crippen LogP contribution in [0.4, 0.5) is 0 Å². The molecule has 0 spiro atoms. The molecule has 1 heterocycles. The summed E-state index contributed by atoms with van der Waals surface area (Å²) < 4.78 is 5.51. The van der Waals surface area contributed by atoms with Gasteiger partial charge in [0.1, 0.15) is 0 Å². The zero-order valence-electron chi connectivity index (χ0n) is 12.1. The molecule has 0 bridgehead atoms. The molecule has 0 saturated carbocycles. The number of hydrogen-bond acceptors (Lipinski definition) is 3. The standard InChI is InChI=1S/C14H28N2O2/c1-4-6-9-18-10-7-8-16-11-15-13(14(16)17)12(3)5-2/h12-13,15H,4-11H2,1-3H3. The molecule has 0 aliphatic carbocycles. The second-order valence-corrected chi connectivity index (χ2v) is 5.15. The SMILES string of the molecule is CCCCOCCCN1CNC(C(C)CC)C1=O. The van der Waals surface area contributed by atoms with Crippen molar-refractivity contribution >= 4 is 5.91 Å². The van der Waals surface area contributed by atoms with E-state index in [9.17, 15) is 4.79 Å². The number of rotatable bonds is 9. The van der Waals surface area contributed by atoms with E-state index in [0.29, 0.717) is 12.6 Å². The molecule has 0 aromatic heterocycles. The molecule has 0 radical (unpaired) electrons. The fourth-order valence-electron chi connectivity index (χ4n) is 2.15. The Morgan fingerprint density at radius 2 is 2.11 bits per heavy atom. The minimum absolute atomic E-state index is 0.0241. The lowest BCUT2D eigenvalue weighted by Crippen LogP contribution is -2.36. The highest BCUT2D eigenvalue weighted by Gasteiger charge is 2.33. The third-order valence-corrected chi connectivity index (χ3v) is 3.65. The molecule has 4 nitrogen and oxygen atoms in total. The topological polar surface area (TPSA) is 41.6 Å². The fourth-order valence-corrected chi connectivity index (χ4v) is 2.15. The van der Waals surface area contributed by atoms with E-state index in [-0.39, 0.29) is 11.9 Å². The van der Waals surface area contributed by atoms with Gasteiger partial charge in [-0.2, -0.15) is 0 Å². The summed E-state index contributed by atoms with van der Waals surface area (Å²) in [5.41, 5.74) is 0. The second kappa shape index (κ2) is 8.48. The molecule has 1 rings (SSSR count). The van der Waals surface area contributed by atoms with Crippen LogP contribution in [0.15, 0.2) is 0 Å². The smallest absolute Gasteiger partial charge is 0.241 e. The molecule has 1 aliphatic rings. The predicted octanol–water partition coefficient (Wildman–Crippen LogP) is 2.00. The van der Waals surface area contributed by atoms with Crippen molar-refractivity contribution in [1.29, 1.82) is 0 Å². The highest BCUT2D eigenvalue weighted by atomic mass is 16.5. The van der Waals surface area contributed by atoms with Crippen molar-refractivity contribution in [3.05, 3.63) is 0 Å². The molecular weight excluding hydrogens is 228 g/mol. The van der Waals surface area contributed by atoms with Crippen LogP contribution < -0.4 is 5.32 Å². The van der Waals surface area contributed by atoms with Gasteiger partial charge in [0.2, 0.25) is 5.91 Å². The number of nitrogens with one attached hydrogen (secondary N) is 1. The molecule has 18 heavy (non-hydrogen) atoms. The Morgan fingerprint density at radius 3 is 2.78 bits per heavy atom. The maximum Gasteiger partial charge on any atom is 0.241 e. The quantitative estimate of drug-likeness (QED) is 0.642. The molecule has 2 unspecified atom stereocenters. The van der Waals surface area contributed by atoms with E-state index in [1.54, 1.807) is 0 Å². The molecule has 2 atom stereocenters. The summed E-state index contributed by atoms with van der Waals surface area (Å²) in [6, 6.07) is 0.0241. The summed E-state index contributed by atoms with van der Waals surface area (Å²) >= 11 is 0. The van der Waals surface area contributed by atoms with E-state index in [1.165, 1.54) is 6.42 Å². The van der Waals surface area contributed by atoms with Crippen LogP contribution in [0.25, 0.3) is 0 Å². The summed E-state index contributed by atoms with van der Waals surface area (Å²) in [5.74, 6) is 0.682. The van der Waals surface area contributed by atoms with Crippen molar-refractivity contribution in [3.63, 3.8) is 0 Å². The molecular formula is C14H28N2O2. The van der Waals surface area contributed by atoms with E-state index in [0.717, 1.165) is 39.0 Å². The number of nitrogens with zero attached hydrogens (tertiary/aromatic N) is 1. The van der Waals surface area contributed by atoms with Crippen LogP contribution in [0.3, 0.4) is 0 Å². The van der Waals surface area contributed by atoms with E-state index in [4.69, 9.17) is 4.74 Å². The maximum absolute atomic E-state index is 12.1. The number of ether oxygens (including phenoxy) is 1. The summed E-state index contributed by atoms with van der Waals surface area (Å²) in [5, 5.41) is 3.30. The highest BCUT2D eigenvalue weighted by molar-refractivity contribution is 5.84. The summed E-state index contributed by atoms with van der Waals surface area (Å²) in [4.78, 5) is 14.0. The molecule has 0 aromatic carbocycles. The minimum Gasteiger partial charge on any atom is -0.381 e. The first-order chi connectivity index (χ1) is 8.70. The summed E-state index contributed by atoms with van der Waals surface area (Å²) in [6.45, 7) is 9.54. The first-order valence-corrected chi connectivity index (χ1v) is 7.30. The van der Waals surface area contributed by atoms with Crippen molar-refractivity contribution in [2.24, 2.45) is 5.92 Å². The van der Waals surface area contributed by atoms with Gasteiger partial charge >= 0.3 is 0 Å². The van der Waals surface area contributed by atoms with Gasteiger partial charge in [0.15, 0.2) is 0 Å². The molecule has 1 fully saturated rings. The van der Waals surface area contributed by atoms with Crippen LogP contribution in [-0.4, -0.2) is 43.3 Å². The largest absolute Gasteiger partial charge is 0.381 e. The molecule has 1 saturated heterocycles. The number of hydrogen-bond donors (Lipinski definition) is 1. The Balaban J connectivity index is 2.15. The van der Waals surface area contributed by atoms with Gasteiger partial charge in [0, 0.05) is 19.8 Å². The molecule has 1 aliphatic heterocycles. The third kappa shape index (κ3) is 4.58. The minimum atomic E-state index is 0.0241. The van der Waals surface area contributed by atoms with Gasteiger partial charge < -0.3 is 9.64 Å². The van der Waals surface area contributed by atoms with Gasteiger partial charge in [-0.3, -0.25) is 10.1 Å². The van der Waals surface area contributed by atoms with Crippen molar-refractivity contribution in [3.8, 4) is 0 Å². The normalized spacial score (nSPS) is 21.6. The maximum atomic E-state index is 12.1. The molecule has 1 amide bonds. The summed E-state index contributed by atoms with van der Waals surface area (Å²) in [7, 11) is 0. The highest BCUT2D eigenvalue weighted by Crippen LogP contribution is 2.15. The van der Waals surface area contributed by atoms with Crippen LogP contribution in [0.1, 0.15) is 46.5 Å². The number of unbranched alkanes of at least 4 members (excludes halogenated alkanes) is 1. The lowest BCUT2D eigenvalue weighted by atomic mass is 9.99. The number of carbonyl (C=O) groups excluding carboxylic acids is 1. The fraction of sp³-hybridized carbons (Fsp3) is 0.929. The number of amides is 1. The second-order valence-electron chi connectivity index (χ2n) is 5.15. The van der Waals surface area contributed by atoms with Gasteiger partial charge in [-0.05, 0) is 18.8 Å². The first kappa shape index (κ1) is 15.4. The van der Waals surface area contributed by atoms with E-state index in [1.807, 2.05) is 4.90 Å². The van der Waals surface area contributed by atoms with Crippen molar-refractivity contribution in [2.45, 2.75) is 52.5 Å². The van der Waals surface area contributed by atoms with Crippen LogP contribution in [0.2, 0.25) is 0 Å². The van der Waals surface area contributed by atoms with E-state index >= 15 is 0 Å². The Morgan fingerprint density at radius 1 is 1.39 bits per heavy atom. The van der Waals surface area contributed by atoms with Crippen LogP contribution >= 0.6 is 0 Å². The molecule has 1 N–H and O–H groups in total. The molecule has 4 heteroatoms. The monoisotopic (exact) mass is 256 g/mol. The Hall–Kier alpha value is -0.610. The molecule has 0 aromatic rings. The lowest BCUT2D eigenvalue weighted by Gasteiger charge is -2.17. The zero-order chi connectivity index (χ0) is 13.4.